The first kappa shape index (κ1) is 9.53. The predicted octanol–water partition coefficient (Wildman–Crippen LogP) is 1.64. The van der Waals surface area contributed by atoms with Gasteiger partial charge in [-0.3, -0.25) is 0 Å². The number of aryl methyl sites for hydroxylation is 1. The number of thioether (sulfide) groups is 1. The van der Waals surface area contributed by atoms with Crippen molar-refractivity contribution in [3.63, 3.8) is 0 Å². The molecule has 1 unspecified atom stereocenters. The maximum absolute atomic E-state index is 9.76. The molecule has 3 rings (SSSR count). The van der Waals surface area contributed by atoms with Crippen LogP contribution in [0.5, 0.6) is 5.75 Å². The number of phenolic OH excluding ortho intramolecular Hbond substituents is 1. The molecule has 0 saturated carbocycles. The van der Waals surface area contributed by atoms with Crippen LogP contribution in [0, 0.1) is 6.92 Å². The van der Waals surface area contributed by atoms with Crippen molar-refractivity contribution in [3.05, 3.63) is 35.7 Å². The van der Waals surface area contributed by atoms with Gasteiger partial charge in [-0.1, -0.05) is 30.0 Å². The van der Waals surface area contributed by atoms with E-state index in [1.807, 2.05) is 29.8 Å². The van der Waals surface area contributed by atoms with Crippen molar-refractivity contribution in [1.29, 1.82) is 0 Å². The fourth-order valence-corrected chi connectivity index (χ4v) is 2.73. The first-order valence-corrected chi connectivity index (χ1v) is 5.77. The summed E-state index contributed by atoms with van der Waals surface area (Å²) in [4.78, 5) is 0. The quantitative estimate of drug-likeness (QED) is 0.785. The number of aromatic hydroxyl groups is 1. The lowest BCUT2D eigenvalue weighted by Gasteiger charge is -2.12. The van der Waals surface area contributed by atoms with E-state index in [0.29, 0.717) is 5.75 Å². The maximum Gasteiger partial charge on any atom is 0.212 e. The van der Waals surface area contributed by atoms with Gasteiger partial charge in [0, 0.05) is 5.56 Å². The van der Waals surface area contributed by atoms with Crippen LogP contribution >= 0.6 is 11.8 Å². The highest BCUT2D eigenvalue weighted by molar-refractivity contribution is 7.99. The van der Waals surface area contributed by atoms with Gasteiger partial charge in [-0.2, -0.15) is 0 Å². The number of para-hydroxylation sites is 1. The van der Waals surface area contributed by atoms with Gasteiger partial charge in [-0.25, -0.2) is 4.68 Å². The van der Waals surface area contributed by atoms with E-state index in [1.54, 1.807) is 17.8 Å². The van der Waals surface area contributed by atoms with Crippen LogP contribution in [0.15, 0.2) is 29.4 Å². The molecule has 0 aliphatic carbocycles. The molecule has 2 aromatic rings. The molecule has 2 N–H and O–H groups in total. The lowest BCUT2D eigenvalue weighted by atomic mass is 10.2. The average molecular weight is 234 g/mol. The number of phenols is 1. The summed E-state index contributed by atoms with van der Waals surface area (Å²) in [6.45, 7) is 1.89. The van der Waals surface area contributed by atoms with Gasteiger partial charge in [0.1, 0.15) is 16.9 Å². The molecule has 0 spiro atoms. The molecule has 0 bridgehead atoms. The fraction of sp³-hybridized carbons (Fsp3) is 0.200. The van der Waals surface area contributed by atoms with Crippen molar-refractivity contribution < 1.29 is 5.11 Å². The molecule has 1 atom stereocenters. The summed E-state index contributed by atoms with van der Waals surface area (Å²) in [7, 11) is 0. The average Bonchev–Trinajstić information content (AvgIpc) is 2.82. The second kappa shape index (κ2) is 3.41. The molecule has 6 heteroatoms. The Morgan fingerprint density at radius 2 is 2.19 bits per heavy atom. The minimum atomic E-state index is -0.00889. The number of nitrogens with one attached hydrogen (secondary N) is 1. The largest absolute Gasteiger partial charge is 0.508 e. The molecule has 0 saturated heterocycles. The third kappa shape index (κ3) is 1.34. The Morgan fingerprint density at radius 1 is 1.38 bits per heavy atom. The molecule has 1 aliphatic rings. The summed E-state index contributed by atoms with van der Waals surface area (Å²) in [5.74, 6) is 1.12. The molecule has 0 fully saturated rings. The van der Waals surface area contributed by atoms with Gasteiger partial charge >= 0.3 is 0 Å². The number of hydrogen-bond acceptors (Lipinski definition) is 5. The Hall–Kier alpha value is -1.69. The molecule has 0 amide bonds. The van der Waals surface area contributed by atoms with Crippen LogP contribution in [0.4, 0.5) is 0 Å². The fourth-order valence-electron chi connectivity index (χ4n) is 1.66. The van der Waals surface area contributed by atoms with Crippen LogP contribution in [0.1, 0.15) is 16.8 Å². The number of rotatable bonds is 1. The normalized spacial score (nSPS) is 18.2. The highest BCUT2D eigenvalue weighted by Gasteiger charge is 2.27. The molecule has 0 radical (unpaired) electrons. The topological polar surface area (TPSA) is 63.0 Å². The third-order valence-corrected chi connectivity index (χ3v) is 3.55. The van der Waals surface area contributed by atoms with E-state index in [-0.39, 0.29) is 5.37 Å². The van der Waals surface area contributed by atoms with Crippen LogP contribution in [0.2, 0.25) is 0 Å². The zero-order valence-corrected chi connectivity index (χ0v) is 9.40. The van der Waals surface area contributed by atoms with E-state index < -0.39 is 0 Å². The molecule has 82 valence electrons. The van der Waals surface area contributed by atoms with E-state index in [1.165, 1.54) is 0 Å². The Bertz CT molecular complexity index is 539. The van der Waals surface area contributed by atoms with Crippen molar-refractivity contribution in [3.8, 4) is 5.75 Å². The number of benzene rings is 1. The molecular formula is C10H10N4OS. The molecule has 16 heavy (non-hydrogen) atoms. The first-order valence-electron chi connectivity index (χ1n) is 4.89. The summed E-state index contributed by atoms with van der Waals surface area (Å²) in [5.41, 5.74) is 4.09. The molecular weight excluding hydrogens is 224 g/mol. The third-order valence-electron chi connectivity index (χ3n) is 2.48. The molecule has 1 aromatic carbocycles. The van der Waals surface area contributed by atoms with Crippen LogP contribution in [-0.4, -0.2) is 20.0 Å². The van der Waals surface area contributed by atoms with E-state index in [9.17, 15) is 5.11 Å². The van der Waals surface area contributed by atoms with Gasteiger partial charge in [0.25, 0.3) is 0 Å². The lowest BCUT2D eigenvalue weighted by Crippen LogP contribution is -2.13. The molecule has 5 nitrogen and oxygen atoms in total. The molecule has 1 aromatic heterocycles. The van der Waals surface area contributed by atoms with E-state index in [2.05, 4.69) is 15.6 Å². The Morgan fingerprint density at radius 3 is 2.94 bits per heavy atom. The van der Waals surface area contributed by atoms with Crippen molar-refractivity contribution >= 4 is 11.8 Å². The van der Waals surface area contributed by atoms with E-state index >= 15 is 0 Å². The van der Waals surface area contributed by atoms with Gasteiger partial charge in [-0.05, 0) is 13.0 Å². The zero-order valence-electron chi connectivity index (χ0n) is 8.58. The van der Waals surface area contributed by atoms with E-state index in [4.69, 9.17) is 0 Å². The van der Waals surface area contributed by atoms with Crippen molar-refractivity contribution in [2.45, 2.75) is 17.5 Å². The van der Waals surface area contributed by atoms with E-state index in [0.717, 1.165) is 16.5 Å². The van der Waals surface area contributed by atoms with Gasteiger partial charge in [0.05, 0.1) is 0 Å². The lowest BCUT2D eigenvalue weighted by molar-refractivity contribution is 0.468. The summed E-state index contributed by atoms with van der Waals surface area (Å²) >= 11 is 1.54. The second-order valence-electron chi connectivity index (χ2n) is 3.55. The van der Waals surface area contributed by atoms with Crippen LogP contribution in [0.3, 0.4) is 0 Å². The van der Waals surface area contributed by atoms with Gasteiger partial charge in [-0.15, -0.1) is 10.2 Å². The van der Waals surface area contributed by atoms with Crippen LogP contribution < -0.4 is 5.43 Å². The summed E-state index contributed by atoms with van der Waals surface area (Å²) < 4.78 is 1.84. The second-order valence-corrected chi connectivity index (χ2v) is 4.62. The maximum atomic E-state index is 9.76. The minimum Gasteiger partial charge on any atom is -0.508 e. The van der Waals surface area contributed by atoms with Gasteiger partial charge in [0.2, 0.25) is 5.16 Å². The number of aromatic nitrogens is 3. The Labute approximate surface area is 96.5 Å². The van der Waals surface area contributed by atoms with Gasteiger partial charge < -0.3 is 10.5 Å². The minimum absolute atomic E-state index is 0.00889. The smallest absolute Gasteiger partial charge is 0.212 e. The van der Waals surface area contributed by atoms with Crippen molar-refractivity contribution in [1.82, 2.24) is 14.9 Å². The van der Waals surface area contributed by atoms with Crippen molar-refractivity contribution in [2.24, 2.45) is 0 Å². The standard InChI is InChI=1S/C10H10N4OS/c1-6-11-12-10-14(6)13-9(16-10)7-4-2-3-5-8(7)15/h2-5,9,13,15H,1H3. The summed E-state index contributed by atoms with van der Waals surface area (Å²) in [6, 6.07) is 7.30. The zero-order chi connectivity index (χ0) is 11.1. The Kier molecular flexibility index (Phi) is 2.03. The Balaban J connectivity index is 1.94. The number of nitrogens with zero attached hydrogens (tertiary/aromatic N) is 3. The highest BCUT2D eigenvalue weighted by Crippen LogP contribution is 2.41. The van der Waals surface area contributed by atoms with Crippen LogP contribution in [0.25, 0.3) is 0 Å². The molecule has 1 aliphatic heterocycles. The highest BCUT2D eigenvalue weighted by atomic mass is 32.2. The number of hydrogen-bond donors (Lipinski definition) is 2. The summed E-state index contributed by atoms with van der Waals surface area (Å²) in [5, 5.41) is 18.6. The first-order chi connectivity index (χ1) is 7.75. The van der Waals surface area contributed by atoms with Crippen molar-refractivity contribution in [2.75, 3.05) is 5.43 Å². The van der Waals surface area contributed by atoms with Crippen LogP contribution in [-0.2, 0) is 0 Å². The monoisotopic (exact) mass is 234 g/mol. The SMILES string of the molecule is Cc1nnc2n1NC(c1ccccc1O)S2. The number of fused-ring (bicyclic) bond motifs is 1. The van der Waals surface area contributed by atoms with Gasteiger partial charge in [0.15, 0.2) is 0 Å². The summed E-state index contributed by atoms with van der Waals surface area (Å²) in [6.07, 6.45) is 0. The molecule has 2 heterocycles. The predicted molar refractivity (Wildman–Crippen MR) is 60.8 cm³/mol.